The van der Waals surface area contributed by atoms with E-state index in [1.54, 1.807) is 0 Å². The molecule has 0 N–H and O–H groups in total. The normalized spacial score (nSPS) is 12.1. The van der Waals surface area contributed by atoms with Crippen LogP contribution in [0.3, 0.4) is 0 Å². The predicted octanol–water partition coefficient (Wildman–Crippen LogP) is 3.72. The first-order valence-electron chi connectivity index (χ1n) is 7.58. The van der Waals surface area contributed by atoms with Gasteiger partial charge in [-0.3, -0.25) is 4.68 Å². The number of aryl methyl sites for hydroxylation is 1. The fourth-order valence-corrected chi connectivity index (χ4v) is 2.46. The van der Waals surface area contributed by atoms with Crippen molar-refractivity contribution >= 4 is 0 Å². The van der Waals surface area contributed by atoms with Crippen molar-refractivity contribution in [3.05, 3.63) is 41.6 Å². The van der Waals surface area contributed by atoms with Crippen molar-refractivity contribution in [1.29, 1.82) is 0 Å². The van der Waals surface area contributed by atoms with Gasteiger partial charge < -0.3 is 4.90 Å². The van der Waals surface area contributed by atoms with E-state index in [9.17, 15) is 0 Å². The van der Waals surface area contributed by atoms with Crippen LogP contribution in [0.4, 0.5) is 0 Å². The molecule has 0 atom stereocenters. The van der Waals surface area contributed by atoms with Gasteiger partial charge in [0.15, 0.2) is 0 Å². The van der Waals surface area contributed by atoms with Gasteiger partial charge in [0.1, 0.15) is 0 Å². The van der Waals surface area contributed by atoms with Crippen LogP contribution in [-0.4, -0.2) is 35.3 Å². The Morgan fingerprint density at radius 1 is 1.14 bits per heavy atom. The molecular formula is C18H27N3. The molecule has 0 aliphatic rings. The van der Waals surface area contributed by atoms with E-state index in [0.717, 1.165) is 18.7 Å². The van der Waals surface area contributed by atoms with E-state index in [0.29, 0.717) is 0 Å². The lowest BCUT2D eigenvalue weighted by molar-refractivity contribution is 0.334. The number of rotatable bonds is 4. The smallest absolute Gasteiger partial charge is 0.0926 e. The quantitative estimate of drug-likeness (QED) is 0.853. The summed E-state index contributed by atoms with van der Waals surface area (Å²) in [5.41, 5.74) is 4.84. The largest absolute Gasteiger partial charge is 0.309 e. The number of nitrogens with zero attached hydrogens (tertiary/aromatic N) is 3. The summed E-state index contributed by atoms with van der Waals surface area (Å²) in [6.45, 7) is 9.78. The van der Waals surface area contributed by atoms with Gasteiger partial charge in [0.05, 0.1) is 11.2 Å². The molecule has 3 nitrogen and oxygen atoms in total. The summed E-state index contributed by atoms with van der Waals surface area (Å²) >= 11 is 0. The van der Waals surface area contributed by atoms with E-state index < -0.39 is 0 Å². The SMILES string of the molecule is Cc1cccc(-c2cc(CCN(C)C)n(C(C)(C)C)n2)c1. The Labute approximate surface area is 128 Å². The molecule has 0 fully saturated rings. The summed E-state index contributed by atoms with van der Waals surface area (Å²) < 4.78 is 2.17. The van der Waals surface area contributed by atoms with Crippen LogP contribution in [0.5, 0.6) is 0 Å². The fourth-order valence-electron chi connectivity index (χ4n) is 2.46. The molecule has 0 saturated heterocycles. The van der Waals surface area contributed by atoms with Crippen molar-refractivity contribution in [3.63, 3.8) is 0 Å². The van der Waals surface area contributed by atoms with Crippen molar-refractivity contribution in [1.82, 2.24) is 14.7 Å². The second-order valence-electron chi connectivity index (χ2n) is 7.03. The van der Waals surface area contributed by atoms with E-state index in [1.165, 1.54) is 16.8 Å². The third kappa shape index (κ3) is 3.94. The molecule has 1 aromatic carbocycles. The van der Waals surface area contributed by atoms with E-state index in [2.05, 4.69) is 81.7 Å². The Morgan fingerprint density at radius 3 is 2.43 bits per heavy atom. The number of hydrogen-bond donors (Lipinski definition) is 0. The van der Waals surface area contributed by atoms with Gasteiger partial charge >= 0.3 is 0 Å². The average Bonchev–Trinajstić information content (AvgIpc) is 2.80. The topological polar surface area (TPSA) is 21.1 Å². The molecule has 114 valence electrons. The zero-order chi connectivity index (χ0) is 15.6. The molecule has 1 aromatic heterocycles. The third-order valence-electron chi connectivity index (χ3n) is 3.55. The summed E-state index contributed by atoms with van der Waals surface area (Å²) in [6, 6.07) is 10.8. The van der Waals surface area contributed by atoms with E-state index in [1.807, 2.05) is 0 Å². The van der Waals surface area contributed by atoms with Crippen LogP contribution in [0, 0.1) is 6.92 Å². The lowest BCUT2D eigenvalue weighted by Crippen LogP contribution is -2.27. The van der Waals surface area contributed by atoms with Crippen LogP contribution in [0.15, 0.2) is 30.3 Å². The lowest BCUT2D eigenvalue weighted by Gasteiger charge is -2.23. The van der Waals surface area contributed by atoms with Gasteiger partial charge in [0.2, 0.25) is 0 Å². The molecule has 21 heavy (non-hydrogen) atoms. The van der Waals surface area contributed by atoms with Crippen molar-refractivity contribution in [2.75, 3.05) is 20.6 Å². The molecule has 0 spiro atoms. The van der Waals surface area contributed by atoms with E-state index >= 15 is 0 Å². The summed E-state index contributed by atoms with van der Waals surface area (Å²) in [5, 5.41) is 4.87. The molecule has 0 saturated carbocycles. The Kier molecular flexibility index (Phi) is 4.52. The minimum Gasteiger partial charge on any atom is -0.309 e. The van der Waals surface area contributed by atoms with Crippen molar-refractivity contribution < 1.29 is 0 Å². The van der Waals surface area contributed by atoms with Crippen LogP contribution in [0.2, 0.25) is 0 Å². The molecule has 2 aromatic rings. The highest BCUT2D eigenvalue weighted by Crippen LogP contribution is 2.25. The molecule has 0 radical (unpaired) electrons. The van der Waals surface area contributed by atoms with Crippen molar-refractivity contribution in [2.24, 2.45) is 0 Å². The highest BCUT2D eigenvalue weighted by atomic mass is 15.3. The van der Waals surface area contributed by atoms with E-state index in [4.69, 9.17) is 5.10 Å². The van der Waals surface area contributed by atoms with Crippen LogP contribution < -0.4 is 0 Å². The summed E-state index contributed by atoms with van der Waals surface area (Å²) in [4.78, 5) is 2.21. The Balaban J connectivity index is 2.40. The van der Waals surface area contributed by atoms with Gasteiger partial charge in [-0.1, -0.05) is 23.8 Å². The first kappa shape index (κ1) is 15.8. The molecule has 0 bridgehead atoms. The van der Waals surface area contributed by atoms with Gasteiger partial charge in [0.25, 0.3) is 0 Å². The highest BCUT2D eigenvalue weighted by Gasteiger charge is 2.20. The molecule has 2 rings (SSSR count). The van der Waals surface area contributed by atoms with Gasteiger partial charge in [0, 0.05) is 24.2 Å². The van der Waals surface area contributed by atoms with Crippen LogP contribution in [0.1, 0.15) is 32.0 Å². The molecular weight excluding hydrogens is 258 g/mol. The maximum Gasteiger partial charge on any atom is 0.0926 e. The van der Waals surface area contributed by atoms with Gasteiger partial charge in [-0.15, -0.1) is 0 Å². The lowest BCUT2D eigenvalue weighted by atomic mass is 10.1. The van der Waals surface area contributed by atoms with Crippen LogP contribution in [-0.2, 0) is 12.0 Å². The molecule has 1 heterocycles. The zero-order valence-corrected chi connectivity index (χ0v) is 14.1. The zero-order valence-electron chi connectivity index (χ0n) is 14.1. The monoisotopic (exact) mass is 285 g/mol. The first-order valence-corrected chi connectivity index (χ1v) is 7.58. The summed E-state index contributed by atoms with van der Waals surface area (Å²) in [7, 11) is 4.22. The average molecular weight is 285 g/mol. The number of hydrogen-bond acceptors (Lipinski definition) is 2. The highest BCUT2D eigenvalue weighted by molar-refractivity contribution is 5.60. The van der Waals surface area contributed by atoms with Gasteiger partial charge in [-0.05, 0) is 53.9 Å². The minimum atomic E-state index is 0.00369. The second-order valence-corrected chi connectivity index (χ2v) is 7.03. The Hall–Kier alpha value is -1.61. The molecule has 0 aliphatic carbocycles. The van der Waals surface area contributed by atoms with Gasteiger partial charge in [-0.2, -0.15) is 5.10 Å². The maximum atomic E-state index is 4.87. The standard InChI is InChI=1S/C18H27N3/c1-14-8-7-9-15(12-14)17-13-16(10-11-20(5)6)21(19-17)18(2,3)4/h7-9,12-13H,10-11H2,1-6H3. The first-order chi connectivity index (χ1) is 9.77. The van der Waals surface area contributed by atoms with Crippen molar-refractivity contribution in [3.8, 4) is 11.3 Å². The Bertz CT molecular complexity index is 603. The molecule has 0 amide bonds. The van der Waals surface area contributed by atoms with Crippen molar-refractivity contribution in [2.45, 2.75) is 39.7 Å². The number of benzene rings is 1. The fraction of sp³-hybridized carbons (Fsp3) is 0.500. The second kappa shape index (κ2) is 6.02. The summed E-state index contributed by atoms with van der Waals surface area (Å²) in [5.74, 6) is 0. The molecule has 0 aliphatic heterocycles. The van der Waals surface area contributed by atoms with Crippen LogP contribution >= 0.6 is 0 Å². The Morgan fingerprint density at radius 2 is 1.86 bits per heavy atom. The molecule has 0 unspecified atom stereocenters. The van der Waals surface area contributed by atoms with Crippen LogP contribution in [0.25, 0.3) is 11.3 Å². The van der Waals surface area contributed by atoms with E-state index in [-0.39, 0.29) is 5.54 Å². The van der Waals surface area contributed by atoms with Gasteiger partial charge in [-0.25, -0.2) is 0 Å². The third-order valence-corrected chi connectivity index (χ3v) is 3.55. The molecule has 3 heteroatoms. The number of likely N-dealkylation sites (N-methyl/N-ethyl adjacent to an activating group) is 1. The number of aromatic nitrogens is 2. The predicted molar refractivity (Wildman–Crippen MR) is 89.7 cm³/mol. The maximum absolute atomic E-state index is 4.87. The summed E-state index contributed by atoms with van der Waals surface area (Å²) in [6.07, 6.45) is 1.02. The minimum absolute atomic E-state index is 0.00369.